The molecule has 1 aliphatic rings. The Morgan fingerprint density at radius 2 is 1.95 bits per heavy atom. The number of amides is 1. The number of rotatable bonds is 2. The highest BCUT2D eigenvalue weighted by Crippen LogP contribution is 2.30. The van der Waals surface area contributed by atoms with E-state index in [1.54, 1.807) is 17.0 Å². The summed E-state index contributed by atoms with van der Waals surface area (Å²) >= 11 is 6.20. The van der Waals surface area contributed by atoms with Crippen molar-refractivity contribution in [2.45, 2.75) is 6.92 Å². The minimum atomic E-state index is -0.103. The second-order valence-corrected chi connectivity index (χ2v) is 5.46. The predicted molar refractivity (Wildman–Crippen MR) is 80.6 cm³/mol. The van der Waals surface area contributed by atoms with E-state index in [1.165, 1.54) is 0 Å². The molecule has 0 spiro atoms. The average Bonchev–Trinajstić information content (AvgIpc) is 2.99. The molecule has 5 heteroatoms. The molecule has 1 aliphatic heterocycles. The van der Waals surface area contributed by atoms with Gasteiger partial charge in [-0.05, 0) is 31.2 Å². The minimum Gasteiger partial charge on any atom is -0.451 e. The maximum absolute atomic E-state index is 12.3. The van der Waals surface area contributed by atoms with Crippen LogP contribution in [0, 0.1) is 6.92 Å². The number of hydrogen-bond acceptors (Lipinski definition) is 3. The monoisotopic (exact) mass is 305 g/mol. The molecule has 0 radical (unpaired) electrons. The molecule has 1 aromatic heterocycles. The van der Waals surface area contributed by atoms with Gasteiger partial charge < -0.3 is 14.1 Å². The molecule has 0 aliphatic carbocycles. The maximum atomic E-state index is 12.3. The van der Waals surface area contributed by atoms with E-state index in [0.29, 0.717) is 42.8 Å². The second kappa shape index (κ2) is 5.92. The number of carbonyl (C=O) groups is 1. The molecule has 3 rings (SSSR count). The maximum Gasteiger partial charge on any atom is 0.289 e. The van der Waals surface area contributed by atoms with E-state index in [2.05, 4.69) is 0 Å². The molecule has 2 heterocycles. The van der Waals surface area contributed by atoms with Gasteiger partial charge in [-0.15, -0.1) is 0 Å². The molecule has 2 aromatic rings. The Hall–Kier alpha value is -1.78. The molecule has 0 bridgehead atoms. The summed E-state index contributed by atoms with van der Waals surface area (Å²) < 4.78 is 11.0. The van der Waals surface area contributed by atoms with Gasteiger partial charge in [0.25, 0.3) is 5.91 Å². The lowest BCUT2D eigenvalue weighted by Gasteiger charge is -2.25. The largest absolute Gasteiger partial charge is 0.451 e. The van der Waals surface area contributed by atoms with Crippen LogP contribution in [0.25, 0.3) is 11.3 Å². The topological polar surface area (TPSA) is 42.7 Å². The van der Waals surface area contributed by atoms with Crippen LogP contribution >= 0.6 is 11.6 Å². The van der Waals surface area contributed by atoms with Crippen molar-refractivity contribution in [3.05, 3.63) is 46.7 Å². The van der Waals surface area contributed by atoms with Crippen LogP contribution in [0.15, 0.2) is 34.7 Å². The Labute approximate surface area is 128 Å². The third-order valence-corrected chi connectivity index (χ3v) is 3.83. The average molecular weight is 306 g/mol. The van der Waals surface area contributed by atoms with Crippen molar-refractivity contribution in [2.75, 3.05) is 26.3 Å². The molecule has 0 unspecified atom stereocenters. The van der Waals surface area contributed by atoms with Crippen LogP contribution in [0.2, 0.25) is 5.02 Å². The Morgan fingerprint density at radius 1 is 1.19 bits per heavy atom. The highest BCUT2D eigenvalue weighted by atomic mass is 35.5. The molecule has 4 nitrogen and oxygen atoms in total. The highest BCUT2D eigenvalue weighted by molar-refractivity contribution is 6.33. The smallest absolute Gasteiger partial charge is 0.289 e. The summed E-state index contributed by atoms with van der Waals surface area (Å²) in [5, 5.41) is 0.611. The van der Waals surface area contributed by atoms with Crippen LogP contribution in [-0.4, -0.2) is 37.1 Å². The van der Waals surface area contributed by atoms with Gasteiger partial charge in [-0.3, -0.25) is 4.79 Å². The first-order valence-corrected chi connectivity index (χ1v) is 7.26. The zero-order chi connectivity index (χ0) is 14.8. The first-order valence-electron chi connectivity index (χ1n) is 6.88. The van der Waals surface area contributed by atoms with Crippen LogP contribution < -0.4 is 0 Å². The summed E-state index contributed by atoms with van der Waals surface area (Å²) in [5.41, 5.74) is 1.89. The van der Waals surface area contributed by atoms with E-state index in [-0.39, 0.29) is 5.91 Å². The highest BCUT2D eigenvalue weighted by Gasteiger charge is 2.22. The molecular weight excluding hydrogens is 290 g/mol. The van der Waals surface area contributed by atoms with Gasteiger partial charge in [0.15, 0.2) is 5.76 Å². The van der Waals surface area contributed by atoms with Crippen molar-refractivity contribution in [1.82, 2.24) is 4.90 Å². The number of nitrogens with zero attached hydrogens (tertiary/aromatic N) is 1. The van der Waals surface area contributed by atoms with E-state index in [9.17, 15) is 4.79 Å². The quantitative estimate of drug-likeness (QED) is 0.854. The number of carbonyl (C=O) groups excluding carboxylic acids is 1. The Morgan fingerprint density at radius 3 is 2.71 bits per heavy atom. The van der Waals surface area contributed by atoms with Gasteiger partial charge >= 0.3 is 0 Å². The van der Waals surface area contributed by atoms with Crippen LogP contribution in [0.1, 0.15) is 16.1 Å². The number of benzene rings is 1. The molecular formula is C16H16ClNO3. The molecule has 1 fully saturated rings. The van der Waals surface area contributed by atoms with Crippen molar-refractivity contribution in [1.29, 1.82) is 0 Å². The summed E-state index contributed by atoms with van der Waals surface area (Å²) in [7, 11) is 0. The normalized spacial score (nSPS) is 15.2. The van der Waals surface area contributed by atoms with E-state index in [1.807, 2.05) is 25.1 Å². The lowest BCUT2D eigenvalue weighted by molar-refractivity contribution is 0.0283. The number of aryl methyl sites for hydroxylation is 1. The minimum absolute atomic E-state index is 0.103. The fourth-order valence-electron chi connectivity index (χ4n) is 2.35. The third-order valence-electron chi connectivity index (χ3n) is 3.50. The van der Waals surface area contributed by atoms with Gasteiger partial charge in [0.1, 0.15) is 5.76 Å². The molecule has 0 saturated carbocycles. The van der Waals surface area contributed by atoms with Gasteiger partial charge in [-0.25, -0.2) is 0 Å². The number of ether oxygens (including phenoxy) is 1. The van der Waals surface area contributed by atoms with Gasteiger partial charge in [0.05, 0.1) is 18.2 Å². The fraction of sp³-hybridized carbons (Fsp3) is 0.312. The fourth-order valence-corrected chi connectivity index (χ4v) is 2.56. The zero-order valence-electron chi connectivity index (χ0n) is 11.8. The SMILES string of the molecule is Cc1ccc(Cl)c(-c2ccc(C(=O)N3CCOCC3)o2)c1. The summed E-state index contributed by atoms with van der Waals surface area (Å²) in [4.78, 5) is 14.1. The molecule has 110 valence electrons. The Balaban J connectivity index is 1.85. The summed E-state index contributed by atoms with van der Waals surface area (Å²) in [6, 6.07) is 9.21. The molecule has 1 amide bonds. The van der Waals surface area contributed by atoms with Crippen LogP contribution in [0.4, 0.5) is 0 Å². The van der Waals surface area contributed by atoms with Crippen molar-refractivity contribution in [3.63, 3.8) is 0 Å². The second-order valence-electron chi connectivity index (χ2n) is 5.05. The molecule has 0 atom stereocenters. The number of morpholine rings is 1. The van der Waals surface area contributed by atoms with Crippen LogP contribution in [-0.2, 0) is 4.74 Å². The molecule has 1 aromatic carbocycles. The van der Waals surface area contributed by atoms with Gasteiger partial charge in [-0.1, -0.05) is 23.2 Å². The van der Waals surface area contributed by atoms with Crippen molar-refractivity contribution >= 4 is 17.5 Å². The standard InChI is InChI=1S/C16H16ClNO3/c1-11-2-3-13(17)12(10-11)14-4-5-15(21-14)16(19)18-6-8-20-9-7-18/h2-5,10H,6-9H2,1H3. The third kappa shape index (κ3) is 2.96. The summed E-state index contributed by atoms with van der Waals surface area (Å²) in [5.74, 6) is 0.845. The number of furan rings is 1. The molecule has 21 heavy (non-hydrogen) atoms. The summed E-state index contributed by atoms with van der Waals surface area (Å²) in [6.45, 7) is 4.33. The number of halogens is 1. The predicted octanol–water partition coefficient (Wildman–Crippen LogP) is 3.38. The Kier molecular flexibility index (Phi) is 3.99. The van der Waals surface area contributed by atoms with Crippen molar-refractivity contribution < 1.29 is 13.9 Å². The first kappa shape index (κ1) is 14.2. The lowest BCUT2D eigenvalue weighted by atomic mass is 10.1. The van der Waals surface area contributed by atoms with Gasteiger partial charge in [0, 0.05) is 18.7 Å². The van der Waals surface area contributed by atoms with Gasteiger partial charge in [-0.2, -0.15) is 0 Å². The van der Waals surface area contributed by atoms with Gasteiger partial charge in [0.2, 0.25) is 0 Å². The van der Waals surface area contributed by atoms with E-state index >= 15 is 0 Å². The summed E-state index contributed by atoms with van der Waals surface area (Å²) in [6.07, 6.45) is 0. The van der Waals surface area contributed by atoms with Crippen molar-refractivity contribution in [2.24, 2.45) is 0 Å². The number of hydrogen-bond donors (Lipinski definition) is 0. The van der Waals surface area contributed by atoms with Crippen LogP contribution in [0.5, 0.6) is 0 Å². The lowest BCUT2D eigenvalue weighted by Crippen LogP contribution is -2.40. The van der Waals surface area contributed by atoms with Crippen molar-refractivity contribution in [3.8, 4) is 11.3 Å². The molecule has 1 saturated heterocycles. The Bertz CT molecular complexity index is 659. The zero-order valence-corrected chi connectivity index (χ0v) is 12.5. The van der Waals surface area contributed by atoms with E-state index in [4.69, 9.17) is 20.8 Å². The van der Waals surface area contributed by atoms with E-state index in [0.717, 1.165) is 11.1 Å². The van der Waals surface area contributed by atoms with E-state index < -0.39 is 0 Å². The molecule has 0 N–H and O–H groups in total. The van der Waals surface area contributed by atoms with Crippen LogP contribution in [0.3, 0.4) is 0 Å². The first-order chi connectivity index (χ1) is 10.1.